The Hall–Kier alpha value is -2.45. The molecule has 0 spiro atoms. The summed E-state index contributed by atoms with van der Waals surface area (Å²) < 4.78 is 1.17. The van der Waals surface area contributed by atoms with E-state index in [4.69, 9.17) is 0 Å². The Balaban J connectivity index is 1.97. The number of aromatic nitrogens is 2. The summed E-state index contributed by atoms with van der Waals surface area (Å²) in [5, 5.41) is 26.3. The Kier molecular flexibility index (Phi) is 5.67. The Morgan fingerprint density at radius 1 is 1.35 bits per heavy atom. The predicted octanol–water partition coefficient (Wildman–Crippen LogP) is 1.33. The number of hydrogen-bond acceptors (Lipinski definition) is 5. The Labute approximate surface area is 132 Å². The molecule has 1 heterocycles. The van der Waals surface area contributed by atoms with Crippen LogP contribution in [0.15, 0.2) is 12.3 Å². The molecule has 2 rings (SSSR count). The van der Waals surface area contributed by atoms with E-state index in [-0.39, 0.29) is 18.3 Å². The molecule has 1 aromatic heterocycles. The number of nitrogens with zero attached hydrogens (tertiary/aromatic N) is 3. The minimum atomic E-state index is -0.896. The van der Waals surface area contributed by atoms with Crippen molar-refractivity contribution in [3.8, 4) is 0 Å². The molecule has 23 heavy (non-hydrogen) atoms. The van der Waals surface area contributed by atoms with Crippen LogP contribution in [0.4, 0.5) is 5.82 Å². The van der Waals surface area contributed by atoms with Crippen LogP contribution in [-0.4, -0.2) is 37.7 Å². The van der Waals surface area contributed by atoms with Crippen molar-refractivity contribution in [3.05, 3.63) is 22.4 Å². The lowest BCUT2D eigenvalue weighted by molar-refractivity contribution is -0.389. The van der Waals surface area contributed by atoms with E-state index in [1.54, 1.807) is 0 Å². The number of carbonyl (C=O) groups excluding carboxylic acids is 1. The van der Waals surface area contributed by atoms with Gasteiger partial charge in [-0.2, -0.15) is 4.68 Å². The van der Waals surface area contributed by atoms with Gasteiger partial charge in [0.15, 0.2) is 0 Å². The average molecular weight is 324 g/mol. The van der Waals surface area contributed by atoms with E-state index in [1.807, 2.05) is 0 Å². The van der Waals surface area contributed by atoms with Crippen LogP contribution in [0.5, 0.6) is 0 Å². The zero-order valence-electron chi connectivity index (χ0n) is 12.7. The molecule has 0 bridgehead atoms. The van der Waals surface area contributed by atoms with Crippen LogP contribution in [-0.2, 0) is 16.1 Å². The lowest BCUT2D eigenvalue weighted by atomic mass is 9.87. The van der Waals surface area contributed by atoms with E-state index in [9.17, 15) is 24.8 Å². The molecule has 1 aliphatic rings. The number of rotatable bonds is 5. The highest BCUT2D eigenvalue weighted by atomic mass is 16.6. The summed E-state index contributed by atoms with van der Waals surface area (Å²) in [6.07, 6.45) is 6.29. The number of carboxylic acid groups (broad SMARTS) is 1. The van der Waals surface area contributed by atoms with Gasteiger partial charge in [-0.1, -0.05) is 25.7 Å². The van der Waals surface area contributed by atoms with Gasteiger partial charge in [-0.05, 0) is 17.8 Å². The first-order valence-electron chi connectivity index (χ1n) is 7.67. The fourth-order valence-electron chi connectivity index (χ4n) is 2.89. The van der Waals surface area contributed by atoms with Gasteiger partial charge < -0.3 is 20.5 Å². The Morgan fingerprint density at radius 3 is 2.65 bits per heavy atom. The van der Waals surface area contributed by atoms with Crippen LogP contribution in [0.25, 0.3) is 0 Å². The summed E-state index contributed by atoms with van der Waals surface area (Å²) >= 11 is 0. The third-order valence-electron chi connectivity index (χ3n) is 4.05. The summed E-state index contributed by atoms with van der Waals surface area (Å²) in [5.41, 5.74) is 0. The van der Waals surface area contributed by atoms with Crippen LogP contribution in [0.2, 0.25) is 0 Å². The Morgan fingerprint density at radius 2 is 2.04 bits per heavy atom. The van der Waals surface area contributed by atoms with E-state index in [0.29, 0.717) is 12.8 Å². The second-order valence-corrected chi connectivity index (χ2v) is 5.74. The zero-order chi connectivity index (χ0) is 16.8. The monoisotopic (exact) mass is 324 g/mol. The number of nitrogens with one attached hydrogen (secondary N) is 1. The number of aliphatic carboxylic acids is 1. The molecular weight excluding hydrogens is 304 g/mol. The first-order chi connectivity index (χ1) is 11.0. The smallest absolute Gasteiger partial charge is 0.389 e. The number of carboxylic acids is 1. The molecule has 9 heteroatoms. The molecule has 1 amide bonds. The van der Waals surface area contributed by atoms with Gasteiger partial charge in [-0.25, -0.2) is 0 Å². The largest absolute Gasteiger partial charge is 0.481 e. The van der Waals surface area contributed by atoms with Crippen molar-refractivity contribution >= 4 is 17.7 Å². The van der Waals surface area contributed by atoms with Crippen molar-refractivity contribution in [3.63, 3.8) is 0 Å². The number of amides is 1. The first-order valence-corrected chi connectivity index (χ1v) is 7.67. The first kappa shape index (κ1) is 16.9. The molecule has 2 N–H and O–H groups in total. The second kappa shape index (κ2) is 7.70. The minimum absolute atomic E-state index is 0.170. The van der Waals surface area contributed by atoms with Gasteiger partial charge in [-0.15, -0.1) is 0 Å². The molecule has 0 aromatic carbocycles. The van der Waals surface area contributed by atoms with Gasteiger partial charge >= 0.3 is 11.8 Å². The van der Waals surface area contributed by atoms with Gasteiger partial charge in [-0.3, -0.25) is 9.59 Å². The van der Waals surface area contributed by atoms with E-state index < -0.39 is 22.9 Å². The maximum atomic E-state index is 12.1. The van der Waals surface area contributed by atoms with Crippen molar-refractivity contribution in [1.82, 2.24) is 15.1 Å². The Bertz CT molecular complexity index is 585. The third kappa shape index (κ3) is 4.76. The fraction of sp³-hybridized carbons (Fsp3) is 0.643. The lowest BCUT2D eigenvalue weighted by Crippen LogP contribution is -2.45. The highest BCUT2D eigenvalue weighted by Gasteiger charge is 2.30. The van der Waals surface area contributed by atoms with E-state index in [2.05, 4.69) is 10.4 Å². The zero-order valence-corrected chi connectivity index (χ0v) is 12.7. The van der Waals surface area contributed by atoms with E-state index >= 15 is 0 Å². The number of nitro groups is 1. The quantitative estimate of drug-likeness (QED) is 0.621. The van der Waals surface area contributed by atoms with Crippen molar-refractivity contribution in [2.75, 3.05) is 0 Å². The SMILES string of the molecule is O=C(Cn1ccc([N+](=O)[O-])n1)NC1CCCCCCC1C(=O)O. The molecule has 0 saturated heterocycles. The summed E-state index contributed by atoms with van der Waals surface area (Å²) in [6.45, 7) is -0.170. The molecule has 126 valence electrons. The van der Waals surface area contributed by atoms with E-state index in [1.165, 1.54) is 16.9 Å². The minimum Gasteiger partial charge on any atom is -0.481 e. The maximum absolute atomic E-state index is 12.1. The van der Waals surface area contributed by atoms with Crippen molar-refractivity contribution < 1.29 is 19.6 Å². The molecule has 0 radical (unpaired) electrons. The standard InChI is InChI=1S/C14H20N4O5/c19-13(9-17-8-7-12(16-17)18(22)23)15-11-6-4-2-1-3-5-10(11)14(20)21/h7-8,10-11H,1-6,9H2,(H,15,19)(H,20,21). The van der Waals surface area contributed by atoms with Gasteiger partial charge in [0.05, 0.1) is 23.3 Å². The van der Waals surface area contributed by atoms with Gasteiger partial charge in [0.2, 0.25) is 5.91 Å². The number of carbonyl (C=O) groups is 2. The second-order valence-electron chi connectivity index (χ2n) is 5.74. The molecule has 2 unspecified atom stereocenters. The van der Waals surface area contributed by atoms with Gasteiger partial charge in [0, 0.05) is 6.04 Å². The predicted molar refractivity (Wildman–Crippen MR) is 79.6 cm³/mol. The van der Waals surface area contributed by atoms with Crippen LogP contribution >= 0.6 is 0 Å². The topological polar surface area (TPSA) is 127 Å². The average Bonchev–Trinajstić information content (AvgIpc) is 2.90. The molecule has 0 aliphatic heterocycles. The molecule has 2 atom stereocenters. The van der Waals surface area contributed by atoms with E-state index in [0.717, 1.165) is 25.7 Å². The highest BCUT2D eigenvalue weighted by molar-refractivity contribution is 5.78. The summed E-state index contributed by atoms with van der Waals surface area (Å²) in [6, 6.07) is 0.800. The van der Waals surface area contributed by atoms with Gasteiger partial charge in [0.1, 0.15) is 6.54 Å². The summed E-state index contributed by atoms with van der Waals surface area (Å²) in [7, 11) is 0. The molecule has 1 saturated carbocycles. The van der Waals surface area contributed by atoms with Crippen molar-refractivity contribution in [2.45, 2.75) is 51.1 Å². The summed E-state index contributed by atoms with van der Waals surface area (Å²) in [5.74, 6) is -2.20. The molecule has 1 fully saturated rings. The van der Waals surface area contributed by atoms with Crippen LogP contribution in [0, 0.1) is 16.0 Å². The maximum Gasteiger partial charge on any atom is 0.389 e. The van der Waals surface area contributed by atoms with Crippen LogP contribution in [0.3, 0.4) is 0 Å². The van der Waals surface area contributed by atoms with Crippen LogP contribution in [0.1, 0.15) is 38.5 Å². The molecule has 1 aliphatic carbocycles. The van der Waals surface area contributed by atoms with Crippen LogP contribution < -0.4 is 5.32 Å². The fourth-order valence-corrected chi connectivity index (χ4v) is 2.89. The third-order valence-corrected chi connectivity index (χ3v) is 4.05. The lowest BCUT2D eigenvalue weighted by Gasteiger charge is -2.27. The van der Waals surface area contributed by atoms with Gasteiger partial charge in [0.25, 0.3) is 0 Å². The highest BCUT2D eigenvalue weighted by Crippen LogP contribution is 2.23. The number of hydrogen-bond donors (Lipinski definition) is 2. The van der Waals surface area contributed by atoms with Crippen molar-refractivity contribution in [1.29, 1.82) is 0 Å². The molecule has 9 nitrogen and oxygen atoms in total. The van der Waals surface area contributed by atoms with Crippen molar-refractivity contribution in [2.24, 2.45) is 5.92 Å². The normalized spacial score (nSPS) is 21.9. The molecule has 1 aromatic rings. The molecular formula is C14H20N4O5. The summed E-state index contributed by atoms with van der Waals surface area (Å²) in [4.78, 5) is 33.4.